The molecule has 1 atom stereocenters. The van der Waals surface area contributed by atoms with Crippen LogP contribution in [0, 0.1) is 11.6 Å². The summed E-state index contributed by atoms with van der Waals surface area (Å²) in [6, 6.07) is 3.75. The number of hydrogen-bond acceptors (Lipinski definition) is 0. The molecule has 0 spiro atoms. The van der Waals surface area contributed by atoms with Crippen LogP contribution < -0.4 is 0 Å². The molecule has 0 bridgehead atoms. The molecule has 0 aliphatic carbocycles. The van der Waals surface area contributed by atoms with Crippen LogP contribution in [0.4, 0.5) is 8.78 Å². The lowest BCUT2D eigenvalue weighted by Gasteiger charge is -2.08. The van der Waals surface area contributed by atoms with E-state index in [1.54, 1.807) is 6.92 Å². The second kappa shape index (κ2) is 3.85. The van der Waals surface area contributed by atoms with Crippen LogP contribution >= 0.6 is 11.6 Å². The highest BCUT2D eigenvalue weighted by atomic mass is 35.5. The lowest BCUT2D eigenvalue weighted by atomic mass is 10.1. The number of alkyl halides is 1. The van der Waals surface area contributed by atoms with Crippen molar-refractivity contribution in [3.8, 4) is 0 Å². The lowest BCUT2D eigenvalue weighted by molar-refractivity contribution is 0.549. The third kappa shape index (κ3) is 1.75. The molecule has 0 radical (unpaired) electrons. The summed E-state index contributed by atoms with van der Waals surface area (Å²) in [6.45, 7) is 1.78. The molecule has 0 aromatic heterocycles. The Hall–Kier alpha value is -0.630. The molecule has 0 saturated heterocycles. The Morgan fingerprint density at radius 3 is 2.25 bits per heavy atom. The molecule has 1 rings (SSSR count). The molecule has 0 saturated carbocycles. The predicted octanol–water partition coefficient (Wildman–Crippen LogP) is 3.65. The average Bonchev–Trinajstić information content (AvgIpc) is 2.03. The fraction of sp³-hybridized carbons (Fsp3) is 0.333. The molecule has 0 heterocycles. The van der Waals surface area contributed by atoms with Crippen LogP contribution in [0.2, 0.25) is 0 Å². The molecule has 0 aliphatic heterocycles. The van der Waals surface area contributed by atoms with E-state index in [1.807, 2.05) is 0 Å². The molecule has 0 fully saturated rings. The predicted molar refractivity (Wildman–Crippen MR) is 45.2 cm³/mol. The van der Waals surface area contributed by atoms with Crippen molar-refractivity contribution in [3.63, 3.8) is 0 Å². The Morgan fingerprint density at radius 2 is 1.83 bits per heavy atom. The van der Waals surface area contributed by atoms with E-state index in [0.717, 1.165) is 0 Å². The molecule has 66 valence electrons. The Bertz CT molecular complexity index is 253. The van der Waals surface area contributed by atoms with Crippen molar-refractivity contribution in [1.82, 2.24) is 0 Å². The highest BCUT2D eigenvalue weighted by molar-refractivity contribution is 6.20. The van der Waals surface area contributed by atoms with Crippen LogP contribution in [-0.2, 0) is 0 Å². The van der Waals surface area contributed by atoms with E-state index in [4.69, 9.17) is 11.6 Å². The summed E-state index contributed by atoms with van der Waals surface area (Å²) in [5.41, 5.74) is -0.0262. The molecule has 12 heavy (non-hydrogen) atoms. The van der Waals surface area contributed by atoms with E-state index in [-0.39, 0.29) is 5.56 Å². The summed E-state index contributed by atoms with van der Waals surface area (Å²) in [6.07, 6.45) is 0.513. The number of hydrogen-bond donors (Lipinski definition) is 0. The first-order valence-electron chi connectivity index (χ1n) is 3.74. The smallest absolute Gasteiger partial charge is 0.130 e. The molecule has 0 amide bonds. The normalized spacial score (nSPS) is 13.0. The zero-order valence-electron chi connectivity index (χ0n) is 6.65. The second-order valence-corrected chi connectivity index (χ2v) is 3.04. The van der Waals surface area contributed by atoms with Crippen molar-refractivity contribution in [2.24, 2.45) is 0 Å². The Balaban J connectivity index is 3.12. The van der Waals surface area contributed by atoms with Crippen molar-refractivity contribution in [2.45, 2.75) is 18.7 Å². The van der Waals surface area contributed by atoms with Crippen molar-refractivity contribution >= 4 is 11.6 Å². The summed E-state index contributed by atoms with van der Waals surface area (Å²) < 4.78 is 25.9. The van der Waals surface area contributed by atoms with E-state index in [2.05, 4.69) is 0 Å². The van der Waals surface area contributed by atoms with E-state index < -0.39 is 17.0 Å². The van der Waals surface area contributed by atoms with Gasteiger partial charge < -0.3 is 0 Å². The fourth-order valence-electron chi connectivity index (χ4n) is 1.01. The Labute approximate surface area is 75.2 Å². The Morgan fingerprint density at radius 1 is 1.33 bits per heavy atom. The molecular formula is C9H9ClF2. The molecule has 1 unspecified atom stereocenters. The molecular weight excluding hydrogens is 182 g/mol. The third-order valence-corrected chi connectivity index (χ3v) is 2.20. The first-order valence-corrected chi connectivity index (χ1v) is 4.18. The van der Waals surface area contributed by atoms with Crippen LogP contribution in [0.1, 0.15) is 24.3 Å². The minimum Gasteiger partial charge on any atom is -0.207 e. The quantitative estimate of drug-likeness (QED) is 0.625. The summed E-state index contributed by atoms with van der Waals surface area (Å²) in [5.74, 6) is -1.14. The average molecular weight is 191 g/mol. The number of benzene rings is 1. The zero-order chi connectivity index (χ0) is 9.14. The van der Waals surface area contributed by atoms with Gasteiger partial charge in [0, 0.05) is 5.56 Å². The zero-order valence-corrected chi connectivity index (χ0v) is 7.41. The van der Waals surface area contributed by atoms with Gasteiger partial charge in [-0.2, -0.15) is 0 Å². The number of rotatable bonds is 2. The van der Waals surface area contributed by atoms with Gasteiger partial charge in [0.25, 0.3) is 0 Å². The summed E-state index contributed by atoms with van der Waals surface area (Å²) >= 11 is 5.72. The molecule has 0 aliphatic rings. The van der Waals surface area contributed by atoms with Crippen LogP contribution in [0.25, 0.3) is 0 Å². The van der Waals surface area contributed by atoms with Gasteiger partial charge in [0.15, 0.2) is 0 Å². The summed E-state index contributed by atoms with van der Waals surface area (Å²) in [4.78, 5) is 0. The maximum Gasteiger partial charge on any atom is 0.130 e. The van der Waals surface area contributed by atoms with Crippen LogP contribution in [0.15, 0.2) is 18.2 Å². The monoisotopic (exact) mass is 190 g/mol. The summed E-state index contributed by atoms with van der Waals surface area (Å²) in [5, 5.41) is -0.578. The maximum atomic E-state index is 13.0. The van der Waals surface area contributed by atoms with Crippen molar-refractivity contribution in [1.29, 1.82) is 0 Å². The third-order valence-electron chi connectivity index (χ3n) is 1.67. The molecule has 0 nitrogen and oxygen atoms in total. The largest absolute Gasteiger partial charge is 0.207 e. The van der Waals surface area contributed by atoms with Gasteiger partial charge in [-0.1, -0.05) is 13.0 Å². The van der Waals surface area contributed by atoms with Crippen molar-refractivity contribution in [3.05, 3.63) is 35.4 Å². The molecule has 3 heteroatoms. The highest BCUT2D eigenvalue weighted by Gasteiger charge is 2.15. The minimum absolute atomic E-state index is 0.0262. The Kier molecular flexibility index (Phi) is 3.04. The molecule has 0 N–H and O–H groups in total. The van der Waals surface area contributed by atoms with Crippen LogP contribution in [0.5, 0.6) is 0 Å². The van der Waals surface area contributed by atoms with E-state index in [1.165, 1.54) is 18.2 Å². The fourth-order valence-corrected chi connectivity index (χ4v) is 1.22. The first-order chi connectivity index (χ1) is 5.66. The molecule has 1 aromatic rings. The van der Waals surface area contributed by atoms with E-state index in [0.29, 0.717) is 6.42 Å². The van der Waals surface area contributed by atoms with Gasteiger partial charge in [-0.15, -0.1) is 11.6 Å². The van der Waals surface area contributed by atoms with E-state index >= 15 is 0 Å². The van der Waals surface area contributed by atoms with Gasteiger partial charge >= 0.3 is 0 Å². The first kappa shape index (κ1) is 9.46. The van der Waals surface area contributed by atoms with Gasteiger partial charge in [-0.25, -0.2) is 8.78 Å². The van der Waals surface area contributed by atoms with Gasteiger partial charge in [0.05, 0.1) is 5.38 Å². The van der Waals surface area contributed by atoms with Gasteiger partial charge in [0.2, 0.25) is 0 Å². The number of halogens is 3. The van der Waals surface area contributed by atoms with E-state index in [9.17, 15) is 8.78 Å². The van der Waals surface area contributed by atoms with Gasteiger partial charge in [-0.05, 0) is 18.6 Å². The van der Waals surface area contributed by atoms with Gasteiger partial charge in [-0.3, -0.25) is 0 Å². The van der Waals surface area contributed by atoms with Crippen LogP contribution in [0.3, 0.4) is 0 Å². The van der Waals surface area contributed by atoms with Crippen molar-refractivity contribution in [2.75, 3.05) is 0 Å². The summed E-state index contributed by atoms with van der Waals surface area (Å²) in [7, 11) is 0. The second-order valence-electron chi connectivity index (χ2n) is 2.51. The van der Waals surface area contributed by atoms with Crippen molar-refractivity contribution < 1.29 is 8.78 Å². The molecule has 1 aromatic carbocycles. The highest BCUT2D eigenvalue weighted by Crippen LogP contribution is 2.28. The maximum absolute atomic E-state index is 13.0. The standard InChI is InChI=1S/C9H9ClF2/c1-2-6(10)9-7(11)4-3-5-8(9)12/h3-6H,2H2,1H3. The minimum atomic E-state index is -0.578. The topological polar surface area (TPSA) is 0 Å². The van der Waals surface area contributed by atoms with Crippen LogP contribution in [-0.4, -0.2) is 0 Å². The SMILES string of the molecule is CCC(Cl)c1c(F)cccc1F. The van der Waals surface area contributed by atoms with Gasteiger partial charge in [0.1, 0.15) is 11.6 Å². The lowest BCUT2D eigenvalue weighted by Crippen LogP contribution is -1.97.